The van der Waals surface area contributed by atoms with Crippen LogP contribution in [0.1, 0.15) is 15.4 Å². The molecule has 0 amide bonds. The summed E-state index contributed by atoms with van der Waals surface area (Å²) in [6.07, 6.45) is 0. The van der Waals surface area contributed by atoms with Gasteiger partial charge in [-0.1, -0.05) is 6.07 Å². The SMILES string of the molecule is COc1cccc(Oc2ccc(-c3nc(C)c(C(=O)O)s3)cc2)c1. The number of ether oxygens (including phenoxy) is 2. The molecular formula is C18H15NO4S. The molecule has 6 heteroatoms. The fourth-order valence-electron chi connectivity index (χ4n) is 2.18. The molecule has 0 bridgehead atoms. The molecule has 1 heterocycles. The van der Waals surface area contributed by atoms with Gasteiger partial charge in [-0.3, -0.25) is 0 Å². The number of nitrogens with zero attached hydrogens (tertiary/aromatic N) is 1. The molecule has 0 saturated heterocycles. The van der Waals surface area contributed by atoms with Crippen molar-refractivity contribution in [2.45, 2.75) is 6.92 Å². The van der Waals surface area contributed by atoms with Gasteiger partial charge in [0.15, 0.2) is 0 Å². The average Bonchev–Trinajstić information content (AvgIpc) is 2.98. The van der Waals surface area contributed by atoms with Crippen LogP contribution < -0.4 is 9.47 Å². The van der Waals surface area contributed by atoms with Crippen LogP contribution in [0.2, 0.25) is 0 Å². The monoisotopic (exact) mass is 341 g/mol. The minimum Gasteiger partial charge on any atom is -0.497 e. The zero-order valence-corrected chi connectivity index (χ0v) is 14.0. The molecule has 3 aromatic rings. The van der Waals surface area contributed by atoms with Crippen LogP contribution in [0.25, 0.3) is 10.6 Å². The van der Waals surface area contributed by atoms with Crippen LogP contribution in [-0.4, -0.2) is 23.2 Å². The number of aromatic carboxylic acids is 1. The number of carboxylic acid groups (broad SMARTS) is 1. The van der Waals surface area contributed by atoms with Crippen molar-refractivity contribution >= 4 is 17.3 Å². The van der Waals surface area contributed by atoms with E-state index in [1.165, 1.54) is 11.3 Å². The summed E-state index contributed by atoms with van der Waals surface area (Å²) in [7, 11) is 1.61. The highest BCUT2D eigenvalue weighted by atomic mass is 32.1. The highest BCUT2D eigenvalue weighted by Crippen LogP contribution is 2.31. The second-order valence-electron chi connectivity index (χ2n) is 5.04. The van der Waals surface area contributed by atoms with E-state index in [4.69, 9.17) is 14.6 Å². The Kier molecular flexibility index (Phi) is 4.48. The lowest BCUT2D eigenvalue weighted by Gasteiger charge is -2.07. The number of carbonyl (C=O) groups is 1. The normalized spacial score (nSPS) is 10.4. The number of carboxylic acids is 1. The number of aromatic nitrogens is 1. The van der Waals surface area contributed by atoms with Crippen molar-refractivity contribution in [1.29, 1.82) is 0 Å². The number of methoxy groups -OCH3 is 1. The summed E-state index contributed by atoms with van der Waals surface area (Å²) in [6, 6.07) is 14.7. The minimum absolute atomic E-state index is 0.265. The summed E-state index contributed by atoms with van der Waals surface area (Å²) >= 11 is 1.17. The van der Waals surface area contributed by atoms with Crippen LogP contribution in [0.15, 0.2) is 48.5 Å². The summed E-state index contributed by atoms with van der Waals surface area (Å²) in [6.45, 7) is 1.70. The summed E-state index contributed by atoms with van der Waals surface area (Å²) in [4.78, 5) is 15.7. The van der Waals surface area contributed by atoms with E-state index in [9.17, 15) is 4.79 Å². The number of rotatable bonds is 5. The lowest BCUT2D eigenvalue weighted by Crippen LogP contribution is -1.94. The number of hydrogen-bond donors (Lipinski definition) is 1. The van der Waals surface area contributed by atoms with Gasteiger partial charge in [-0.2, -0.15) is 0 Å². The largest absolute Gasteiger partial charge is 0.497 e. The molecule has 2 aromatic carbocycles. The molecule has 5 nitrogen and oxygen atoms in total. The van der Waals surface area contributed by atoms with E-state index < -0.39 is 5.97 Å². The van der Waals surface area contributed by atoms with E-state index in [1.54, 1.807) is 20.1 Å². The Morgan fingerprint density at radius 2 is 1.79 bits per heavy atom. The summed E-state index contributed by atoms with van der Waals surface area (Å²) < 4.78 is 11.0. The van der Waals surface area contributed by atoms with Gasteiger partial charge in [-0.15, -0.1) is 11.3 Å². The maximum Gasteiger partial charge on any atom is 0.347 e. The fourth-order valence-corrected chi connectivity index (χ4v) is 3.10. The molecule has 3 rings (SSSR count). The Balaban J connectivity index is 1.80. The Morgan fingerprint density at radius 3 is 2.42 bits per heavy atom. The highest BCUT2D eigenvalue weighted by Gasteiger charge is 2.15. The Labute approximate surface area is 143 Å². The van der Waals surface area contributed by atoms with Crippen molar-refractivity contribution in [3.8, 4) is 27.8 Å². The summed E-state index contributed by atoms with van der Waals surface area (Å²) in [5.74, 6) is 1.14. The molecule has 0 fully saturated rings. The predicted molar refractivity (Wildman–Crippen MR) is 92.3 cm³/mol. The zero-order valence-electron chi connectivity index (χ0n) is 13.1. The predicted octanol–water partition coefficient (Wildman–Crippen LogP) is 4.62. The van der Waals surface area contributed by atoms with E-state index >= 15 is 0 Å². The Hall–Kier alpha value is -2.86. The van der Waals surface area contributed by atoms with Crippen LogP contribution in [-0.2, 0) is 0 Å². The van der Waals surface area contributed by atoms with Crippen LogP contribution >= 0.6 is 11.3 Å². The van der Waals surface area contributed by atoms with E-state index in [0.29, 0.717) is 22.2 Å². The van der Waals surface area contributed by atoms with Crippen LogP contribution in [0.3, 0.4) is 0 Å². The van der Waals surface area contributed by atoms with Gasteiger partial charge in [0.25, 0.3) is 0 Å². The molecule has 1 N–H and O–H groups in total. The van der Waals surface area contributed by atoms with Crippen molar-refractivity contribution in [2.24, 2.45) is 0 Å². The second kappa shape index (κ2) is 6.72. The first-order chi connectivity index (χ1) is 11.6. The number of benzene rings is 2. The Morgan fingerprint density at radius 1 is 1.08 bits per heavy atom. The van der Waals surface area contributed by atoms with E-state index in [1.807, 2.05) is 42.5 Å². The first-order valence-corrected chi connectivity index (χ1v) is 8.01. The molecule has 1 aromatic heterocycles. The van der Waals surface area contributed by atoms with Gasteiger partial charge in [0.2, 0.25) is 0 Å². The van der Waals surface area contributed by atoms with Crippen molar-refractivity contribution < 1.29 is 19.4 Å². The summed E-state index contributed by atoms with van der Waals surface area (Å²) in [5, 5.41) is 9.80. The second-order valence-corrected chi connectivity index (χ2v) is 6.04. The number of aryl methyl sites for hydroxylation is 1. The third kappa shape index (κ3) is 3.38. The standard InChI is InChI=1S/C18H15NO4S/c1-11-16(18(20)21)24-17(19-11)12-6-8-13(9-7-12)23-15-5-3-4-14(10-15)22-2/h3-10H,1-2H3,(H,20,21). The maximum atomic E-state index is 11.1. The zero-order chi connectivity index (χ0) is 17.1. The Bertz CT molecular complexity index is 871. The van der Waals surface area contributed by atoms with Gasteiger partial charge in [0.05, 0.1) is 12.8 Å². The molecule has 0 unspecified atom stereocenters. The molecule has 0 saturated carbocycles. The maximum absolute atomic E-state index is 11.1. The van der Waals surface area contributed by atoms with E-state index in [0.717, 1.165) is 11.3 Å². The van der Waals surface area contributed by atoms with Gasteiger partial charge in [0, 0.05) is 11.6 Å². The molecule has 0 aliphatic heterocycles. The van der Waals surface area contributed by atoms with Crippen LogP contribution in [0.4, 0.5) is 0 Å². The summed E-state index contributed by atoms with van der Waals surface area (Å²) in [5.41, 5.74) is 1.38. The van der Waals surface area contributed by atoms with E-state index in [-0.39, 0.29) is 4.88 Å². The lowest BCUT2D eigenvalue weighted by molar-refractivity contribution is 0.0701. The van der Waals surface area contributed by atoms with Gasteiger partial charge < -0.3 is 14.6 Å². The average molecular weight is 341 g/mol. The third-order valence-electron chi connectivity index (χ3n) is 3.37. The lowest BCUT2D eigenvalue weighted by atomic mass is 10.2. The highest BCUT2D eigenvalue weighted by molar-refractivity contribution is 7.17. The smallest absolute Gasteiger partial charge is 0.347 e. The van der Waals surface area contributed by atoms with Gasteiger partial charge in [0.1, 0.15) is 27.1 Å². The molecular weight excluding hydrogens is 326 g/mol. The quantitative estimate of drug-likeness (QED) is 0.733. The first kappa shape index (κ1) is 16.0. The topological polar surface area (TPSA) is 68.7 Å². The number of thiazole rings is 1. The van der Waals surface area contributed by atoms with Crippen molar-refractivity contribution in [1.82, 2.24) is 4.98 Å². The van der Waals surface area contributed by atoms with Crippen molar-refractivity contribution in [3.05, 3.63) is 59.1 Å². The molecule has 0 aliphatic rings. The van der Waals surface area contributed by atoms with Crippen molar-refractivity contribution in [3.63, 3.8) is 0 Å². The molecule has 0 radical (unpaired) electrons. The van der Waals surface area contributed by atoms with Crippen molar-refractivity contribution in [2.75, 3.05) is 7.11 Å². The number of hydrogen-bond acceptors (Lipinski definition) is 5. The first-order valence-electron chi connectivity index (χ1n) is 7.20. The third-order valence-corrected chi connectivity index (χ3v) is 4.56. The van der Waals surface area contributed by atoms with E-state index in [2.05, 4.69) is 4.98 Å². The molecule has 0 aliphatic carbocycles. The van der Waals surface area contributed by atoms with Crippen LogP contribution in [0.5, 0.6) is 17.2 Å². The minimum atomic E-state index is -0.950. The fraction of sp³-hybridized carbons (Fsp3) is 0.111. The molecule has 0 spiro atoms. The van der Waals surface area contributed by atoms with Gasteiger partial charge in [-0.05, 0) is 43.3 Å². The van der Waals surface area contributed by atoms with Crippen LogP contribution in [0, 0.1) is 6.92 Å². The molecule has 0 atom stereocenters. The molecule has 24 heavy (non-hydrogen) atoms. The van der Waals surface area contributed by atoms with Gasteiger partial charge >= 0.3 is 5.97 Å². The molecule has 122 valence electrons. The van der Waals surface area contributed by atoms with Gasteiger partial charge in [-0.25, -0.2) is 9.78 Å².